The van der Waals surface area contributed by atoms with Gasteiger partial charge in [-0.1, -0.05) is 116 Å². The molecule has 1 saturated heterocycles. The lowest BCUT2D eigenvalue weighted by Gasteiger charge is -2.26. The van der Waals surface area contributed by atoms with E-state index in [1.165, 1.54) is 168 Å². The first-order chi connectivity index (χ1) is 72.0. The Kier molecular flexibility index (Phi) is 33.4. The van der Waals surface area contributed by atoms with Crippen molar-refractivity contribution in [1.29, 1.82) is 0 Å². The van der Waals surface area contributed by atoms with E-state index < -0.39 is 63.4 Å². The van der Waals surface area contributed by atoms with Crippen LogP contribution < -0.4 is 79.0 Å². The van der Waals surface area contributed by atoms with Crippen LogP contribution in [0.4, 0.5) is 135 Å². The smallest absolute Gasteiger partial charge is 0.238 e. The van der Waals surface area contributed by atoms with Crippen molar-refractivity contribution in [2.75, 3.05) is 97.9 Å². The number of thiazole rings is 5. The number of hydrogen-bond acceptors (Lipinski definition) is 42. The SMILES string of the molecule is C#Cc1cccc(Nc2ncnc3nc(Nc4ccc(NCCCN5CCOCC5)nc4)sc23)c1.NS(=O)(=O)c1ccc(Nc2nc3ncnc(Nc4c(F)cccc4F)c3s2)cc1.NS(=O)(=O)c1ccc(Nc2nc3ncnc(Nc4ccc(Cl)cc4F)c3s2)cc1.NS(=O)(=O)c1ccc(Nc2nc3ncnc(Nc4ccc(F)c(Cl)c4)c3s2)cc1.NS(=O)(=O)c1ccc(Nc2nc3ncnc(Nc4cccc(Cl)c4)c3s2)cc1. The van der Waals surface area contributed by atoms with Crippen LogP contribution in [-0.2, 0) is 44.8 Å². The third-order valence-electron chi connectivity index (χ3n) is 20.7. The van der Waals surface area contributed by atoms with E-state index in [0.29, 0.717) is 130 Å². The number of para-hydroxylation sites is 1. The summed E-state index contributed by atoms with van der Waals surface area (Å²) in [7, 11) is -15.0. The highest BCUT2D eigenvalue weighted by molar-refractivity contribution is 7.90. The average Bonchev–Trinajstić information content (AvgIpc) is 1.36. The highest BCUT2D eigenvalue weighted by atomic mass is 35.5. The number of benzene rings is 9. The molecule has 1 fully saturated rings. The molecule has 1 aliphatic heterocycles. The lowest BCUT2D eigenvalue weighted by molar-refractivity contribution is 0.0378. The van der Waals surface area contributed by atoms with Crippen LogP contribution in [0.15, 0.2) is 270 Å². The maximum Gasteiger partial charge on any atom is 0.238 e. The fourth-order valence-electron chi connectivity index (χ4n) is 13.6. The summed E-state index contributed by atoms with van der Waals surface area (Å²) in [5.41, 5.74) is 8.62. The van der Waals surface area contributed by atoms with Crippen LogP contribution in [0, 0.1) is 35.6 Å². The summed E-state index contributed by atoms with van der Waals surface area (Å²) in [6.45, 7) is 5.67. The number of aromatic nitrogens is 16. The summed E-state index contributed by atoms with van der Waals surface area (Å²) in [5, 5.41) is 58.2. The Bertz CT molecular complexity index is 8860. The van der Waals surface area contributed by atoms with E-state index in [9.17, 15) is 51.2 Å². The maximum atomic E-state index is 14.1. The first-order valence-corrected chi connectivity index (χ1v) is 54.9. The highest BCUT2D eigenvalue weighted by Crippen LogP contribution is 2.41. The van der Waals surface area contributed by atoms with Crippen LogP contribution in [-0.4, -0.2) is 158 Å². The van der Waals surface area contributed by atoms with Gasteiger partial charge >= 0.3 is 0 Å². The van der Waals surface area contributed by atoms with Crippen LogP contribution in [0.3, 0.4) is 0 Å². The molecule has 9 aromatic carbocycles. The molecule has 764 valence electrons. The van der Waals surface area contributed by atoms with Gasteiger partial charge in [0.05, 0.1) is 55.4 Å². The molecule has 150 heavy (non-hydrogen) atoms. The second kappa shape index (κ2) is 47.3. The summed E-state index contributed by atoms with van der Waals surface area (Å²) in [6, 6.07) is 54.7. The summed E-state index contributed by atoms with van der Waals surface area (Å²) in [4.78, 5) is 71.1. The van der Waals surface area contributed by atoms with Crippen molar-refractivity contribution in [1.82, 2.24) is 84.6 Å². The second-order valence-corrected chi connectivity index (χ2v) is 43.8. The lowest BCUT2D eigenvalue weighted by atomic mass is 10.2. The number of fused-ring (bicyclic) bond motifs is 5. The Morgan fingerprint density at radius 3 is 1.08 bits per heavy atom. The lowest BCUT2D eigenvalue weighted by Crippen LogP contribution is -2.37. The van der Waals surface area contributed by atoms with Crippen LogP contribution in [0.5, 0.6) is 0 Å². The van der Waals surface area contributed by atoms with Crippen molar-refractivity contribution in [3.8, 4) is 12.3 Å². The number of nitrogens with two attached hydrogens (primary N) is 4. The van der Waals surface area contributed by atoms with Crippen molar-refractivity contribution < 1.29 is 56.0 Å². The van der Waals surface area contributed by atoms with Gasteiger partial charge in [0.1, 0.15) is 89.9 Å². The van der Waals surface area contributed by atoms with Crippen LogP contribution in [0.25, 0.3) is 51.7 Å². The molecule has 0 bridgehead atoms. The van der Waals surface area contributed by atoms with Crippen molar-refractivity contribution in [2.24, 2.45) is 20.6 Å². The molecule has 20 aromatic rings. The number of sulfonamides is 4. The van der Waals surface area contributed by atoms with E-state index in [2.05, 4.69) is 149 Å². The van der Waals surface area contributed by atoms with Gasteiger partial charge in [-0.3, -0.25) is 4.90 Å². The van der Waals surface area contributed by atoms with Gasteiger partial charge in [-0.25, -0.2) is 127 Å². The van der Waals surface area contributed by atoms with E-state index in [0.717, 1.165) is 107 Å². The van der Waals surface area contributed by atoms with Gasteiger partial charge in [0.15, 0.2) is 83.0 Å². The fourth-order valence-corrected chi connectivity index (χ4v) is 20.6. The molecule has 11 aromatic heterocycles. The van der Waals surface area contributed by atoms with Crippen LogP contribution >= 0.6 is 91.5 Å². The zero-order valence-electron chi connectivity index (χ0n) is 76.6. The zero-order chi connectivity index (χ0) is 105. The molecular weight excluding hydrogens is 2180 g/mol. The molecule has 0 aliphatic carbocycles. The molecule has 0 amide bonds. The number of primary sulfonamides is 4. The predicted octanol–water partition coefficient (Wildman–Crippen LogP) is 19.5. The van der Waals surface area contributed by atoms with Crippen molar-refractivity contribution in [3.05, 3.63) is 294 Å². The Morgan fingerprint density at radius 1 is 0.353 bits per heavy atom. The number of terminal acetylenes is 1. The molecule has 19 N–H and O–H groups in total. The molecule has 12 heterocycles. The van der Waals surface area contributed by atoms with Crippen molar-refractivity contribution >= 4 is 301 Å². The molecule has 1 aliphatic rings. The number of hydrogen-bond donors (Lipinski definition) is 15. The van der Waals surface area contributed by atoms with Gasteiger partial charge in [-0.15, -0.1) is 6.42 Å². The fraction of sp³-hybridized carbons (Fsp3) is 0.0753. The molecule has 0 radical (unpaired) electrons. The van der Waals surface area contributed by atoms with Gasteiger partial charge in [0.2, 0.25) is 40.1 Å². The highest BCUT2D eigenvalue weighted by Gasteiger charge is 2.23. The molecule has 0 unspecified atom stereocenters. The summed E-state index contributed by atoms with van der Waals surface area (Å²) >= 11 is 24.2. The Morgan fingerprint density at radius 2 is 0.707 bits per heavy atom. The topological polar surface area (TPSA) is 592 Å². The van der Waals surface area contributed by atoms with Gasteiger partial charge in [0.25, 0.3) is 0 Å². The number of nitrogens with zero attached hydrogens (tertiary/aromatic N) is 17. The van der Waals surface area contributed by atoms with E-state index in [4.69, 9.17) is 66.5 Å². The van der Waals surface area contributed by atoms with Crippen molar-refractivity contribution in [2.45, 2.75) is 26.0 Å². The van der Waals surface area contributed by atoms with Gasteiger partial charge in [-0.2, -0.15) is 24.9 Å². The maximum absolute atomic E-state index is 14.1. The Hall–Kier alpha value is -15.5. The van der Waals surface area contributed by atoms with Gasteiger partial charge in [-0.05, 0) is 207 Å². The molecule has 41 nitrogen and oxygen atoms in total. The average molecular weight is 2260 g/mol. The van der Waals surface area contributed by atoms with Gasteiger partial charge in [0, 0.05) is 75.1 Å². The number of ether oxygens (including phenoxy) is 1. The minimum Gasteiger partial charge on any atom is -0.379 e. The minimum absolute atomic E-state index is 0.00472. The molecule has 21 rings (SSSR count). The summed E-state index contributed by atoms with van der Waals surface area (Å²) in [5.74, 6) is 3.35. The third-order valence-corrected chi connectivity index (χ3v) is 30.0. The molecular formula is C93H75Cl3F4N32O9S9. The minimum atomic E-state index is -3.78. The van der Waals surface area contributed by atoms with Crippen LogP contribution in [0.2, 0.25) is 15.1 Å². The van der Waals surface area contributed by atoms with E-state index >= 15 is 0 Å². The number of halogens is 7. The van der Waals surface area contributed by atoms with Crippen LogP contribution in [0.1, 0.15) is 12.0 Å². The predicted molar refractivity (Wildman–Crippen MR) is 580 cm³/mol. The Labute approximate surface area is 885 Å². The van der Waals surface area contributed by atoms with E-state index in [1.807, 2.05) is 48.5 Å². The van der Waals surface area contributed by atoms with Crippen molar-refractivity contribution in [3.63, 3.8) is 0 Å². The first kappa shape index (κ1) is 106. The quantitative estimate of drug-likeness (QED) is 0.0118. The third kappa shape index (κ3) is 28.1. The second-order valence-electron chi connectivity index (χ2n) is 31.2. The molecule has 0 spiro atoms. The summed E-state index contributed by atoms with van der Waals surface area (Å²) < 4.78 is 155. The molecule has 0 atom stereocenters. The normalized spacial score (nSPS) is 12.1. The largest absolute Gasteiger partial charge is 0.379 e. The number of rotatable bonds is 29. The number of anilines is 21. The number of nitrogens with one attached hydrogen (secondary N) is 11. The zero-order valence-corrected chi connectivity index (χ0v) is 86.2. The van der Waals surface area contributed by atoms with E-state index in [1.54, 1.807) is 66.9 Å². The van der Waals surface area contributed by atoms with Gasteiger partial charge < -0.3 is 63.2 Å². The Balaban J connectivity index is 0.000000128. The standard InChI is InChI=1S/C25H26N8OS.2C17H12ClFN6O2S2.C17H13ClN6O2S2.C17H12F2N6O2S2/c1-2-18-5-3-6-19(15-18)30-23-22-24(29-17-28-23)32-25(35-22)31-20-7-8-21(27-16-20)26-9-4-10-33-11-13-34-14-12-33;18-9-1-6-13(12(19)7-9)24-15-14-16(22-8-21-15)25-17(28-14)23-10-2-4-11(5-3-10)29(20,26)27;18-12-7-10(3-6-13(12)19)23-15-14-16(22-8-21-15)25-17(28-14)24-9-1-4-11(5-2-9)29(20,26)27;18-10-2-1-3-12(8-10)22-15-14-16(21-9-20-15)24-17(27-14)23-11-4-6-13(7-5-11)28(19,25)26;18-11-2-1-3-12(19)13(11)24-15-14-16(22-8-21-15)25-17(28-14)23-9-4-6-10(7-5-9)29(20,26)27/h1,3,5-8,15-17H,4,9-14H2,(H,26,27)(H2,28,29,30,31,32);2*1-8H,(H2,20,26,27)(H2,21,22,23,24,25);1-9H,(H2,19,25,26)(H2,20,21,22,23,24);1-8H,(H2,20,26,27)(H2,21,22,23,24,25). The number of morpholine rings is 1. The molecule has 0 saturated carbocycles. The van der Waals surface area contributed by atoms with E-state index in [-0.39, 0.29) is 41.8 Å². The first-order valence-electron chi connectivity index (χ1n) is 43.5. The number of pyridine rings is 1. The molecule has 57 heteroatoms. The monoisotopic (exact) mass is 2250 g/mol. The summed E-state index contributed by atoms with van der Waals surface area (Å²) in [6.07, 6.45) is 15.2.